The summed E-state index contributed by atoms with van der Waals surface area (Å²) in [7, 11) is 1.48. The largest absolute Gasteiger partial charge is 0.493 e. The highest BCUT2D eigenvalue weighted by Crippen LogP contribution is 2.28. The van der Waals surface area contributed by atoms with Crippen molar-refractivity contribution in [2.45, 2.75) is 39.8 Å². The highest BCUT2D eigenvalue weighted by molar-refractivity contribution is 5.99. The molecular formula is C23H29N3O5. The van der Waals surface area contributed by atoms with Crippen LogP contribution in [-0.4, -0.2) is 37.0 Å². The van der Waals surface area contributed by atoms with Crippen molar-refractivity contribution in [3.05, 3.63) is 59.7 Å². The molecule has 0 bridgehead atoms. The van der Waals surface area contributed by atoms with Crippen LogP contribution < -0.4 is 25.6 Å². The third-order valence-electron chi connectivity index (χ3n) is 4.36. The molecule has 2 aromatic rings. The summed E-state index contributed by atoms with van der Waals surface area (Å²) >= 11 is 0. The quantitative estimate of drug-likeness (QED) is 0.562. The number of hydrogen-bond donors (Lipinski definition) is 3. The van der Waals surface area contributed by atoms with Crippen LogP contribution in [0.1, 0.15) is 48.4 Å². The molecule has 0 radical (unpaired) electrons. The number of hydrogen-bond acceptors (Lipinski definition) is 5. The van der Waals surface area contributed by atoms with Gasteiger partial charge in [0, 0.05) is 11.1 Å². The van der Waals surface area contributed by atoms with Gasteiger partial charge in [0.1, 0.15) is 6.04 Å². The van der Waals surface area contributed by atoms with Crippen LogP contribution >= 0.6 is 0 Å². The van der Waals surface area contributed by atoms with Crippen LogP contribution in [0.4, 0.5) is 0 Å². The zero-order valence-corrected chi connectivity index (χ0v) is 18.4. The van der Waals surface area contributed by atoms with Crippen LogP contribution in [0.25, 0.3) is 0 Å². The van der Waals surface area contributed by atoms with Crippen LogP contribution in [0.3, 0.4) is 0 Å². The van der Waals surface area contributed by atoms with Gasteiger partial charge in [0.05, 0.1) is 13.2 Å². The average molecular weight is 428 g/mol. The molecule has 0 fully saturated rings. The standard InChI is InChI=1S/C23H29N3O5/c1-14(2)20(24-21(27)16-9-7-6-8-10-16)23(29)26-25-22(28)17-11-12-18(31-15(3)4)19(13-17)30-5/h6-15,20H,1-5H3,(H,24,27)(H,25,28)(H,26,29). The van der Waals surface area contributed by atoms with E-state index in [0.717, 1.165) is 0 Å². The second-order valence-corrected chi connectivity index (χ2v) is 7.54. The van der Waals surface area contributed by atoms with Gasteiger partial charge in [0.25, 0.3) is 17.7 Å². The lowest BCUT2D eigenvalue weighted by atomic mass is 10.0. The Morgan fingerprint density at radius 1 is 0.806 bits per heavy atom. The molecule has 0 spiro atoms. The first-order valence-corrected chi connectivity index (χ1v) is 10.0. The molecule has 8 heteroatoms. The number of rotatable bonds is 8. The van der Waals surface area contributed by atoms with E-state index >= 15 is 0 Å². The molecule has 3 N–H and O–H groups in total. The Balaban J connectivity index is 2.02. The van der Waals surface area contributed by atoms with E-state index in [-0.39, 0.29) is 23.5 Å². The van der Waals surface area contributed by atoms with Gasteiger partial charge in [0.2, 0.25) is 0 Å². The van der Waals surface area contributed by atoms with Gasteiger partial charge in [-0.05, 0) is 50.1 Å². The number of hydrazine groups is 1. The molecule has 8 nitrogen and oxygen atoms in total. The van der Waals surface area contributed by atoms with E-state index in [1.165, 1.54) is 13.2 Å². The predicted molar refractivity (Wildman–Crippen MR) is 117 cm³/mol. The maximum absolute atomic E-state index is 12.6. The number of ether oxygens (including phenoxy) is 2. The molecule has 1 unspecified atom stereocenters. The van der Waals surface area contributed by atoms with Crippen molar-refractivity contribution in [1.82, 2.24) is 16.2 Å². The van der Waals surface area contributed by atoms with Crippen molar-refractivity contribution < 1.29 is 23.9 Å². The zero-order valence-electron chi connectivity index (χ0n) is 18.4. The Morgan fingerprint density at radius 2 is 1.48 bits per heavy atom. The summed E-state index contributed by atoms with van der Waals surface area (Å²) in [5.41, 5.74) is 5.48. The van der Waals surface area contributed by atoms with Crippen LogP contribution in [-0.2, 0) is 4.79 Å². The molecule has 0 heterocycles. The van der Waals surface area contributed by atoms with Crippen molar-refractivity contribution in [2.75, 3.05) is 7.11 Å². The molecule has 0 aliphatic carbocycles. The second-order valence-electron chi connectivity index (χ2n) is 7.54. The predicted octanol–water partition coefficient (Wildman–Crippen LogP) is 2.70. The van der Waals surface area contributed by atoms with Gasteiger partial charge >= 0.3 is 0 Å². The lowest BCUT2D eigenvalue weighted by molar-refractivity contribution is -0.124. The first-order valence-electron chi connectivity index (χ1n) is 10.0. The van der Waals surface area contributed by atoms with Crippen molar-refractivity contribution >= 4 is 17.7 Å². The number of nitrogens with one attached hydrogen (secondary N) is 3. The van der Waals surface area contributed by atoms with Crippen LogP contribution in [0, 0.1) is 5.92 Å². The first-order chi connectivity index (χ1) is 14.7. The summed E-state index contributed by atoms with van der Waals surface area (Å²) in [5.74, 6) is -0.702. The van der Waals surface area contributed by atoms with E-state index in [1.807, 2.05) is 13.8 Å². The SMILES string of the molecule is COc1cc(C(=O)NNC(=O)C(NC(=O)c2ccccc2)C(C)C)ccc1OC(C)C. The van der Waals surface area contributed by atoms with E-state index in [0.29, 0.717) is 17.1 Å². The minimum atomic E-state index is -0.829. The molecule has 31 heavy (non-hydrogen) atoms. The van der Waals surface area contributed by atoms with Gasteiger partial charge in [0.15, 0.2) is 11.5 Å². The van der Waals surface area contributed by atoms with E-state index in [4.69, 9.17) is 9.47 Å². The summed E-state index contributed by atoms with van der Waals surface area (Å²) < 4.78 is 10.9. The van der Waals surface area contributed by atoms with Crippen LogP contribution in [0.15, 0.2) is 48.5 Å². The first kappa shape index (κ1) is 23.7. The molecule has 0 saturated carbocycles. The van der Waals surface area contributed by atoms with Crippen LogP contribution in [0.5, 0.6) is 11.5 Å². The Bertz CT molecular complexity index is 913. The minimum absolute atomic E-state index is 0.0491. The average Bonchev–Trinajstić information content (AvgIpc) is 2.75. The highest BCUT2D eigenvalue weighted by Gasteiger charge is 2.25. The molecule has 166 valence electrons. The van der Waals surface area contributed by atoms with Gasteiger partial charge in [-0.2, -0.15) is 0 Å². The van der Waals surface area contributed by atoms with Gasteiger partial charge in [-0.1, -0.05) is 32.0 Å². The van der Waals surface area contributed by atoms with Gasteiger partial charge < -0.3 is 14.8 Å². The number of methoxy groups -OCH3 is 1. The molecule has 2 rings (SSSR count). The second kappa shape index (κ2) is 11.0. The summed E-state index contributed by atoms with van der Waals surface area (Å²) in [6.45, 7) is 7.37. The summed E-state index contributed by atoms with van der Waals surface area (Å²) in [4.78, 5) is 37.5. The van der Waals surface area contributed by atoms with E-state index in [1.54, 1.807) is 56.3 Å². The Kier molecular flexibility index (Phi) is 8.43. The minimum Gasteiger partial charge on any atom is -0.493 e. The third kappa shape index (κ3) is 6.74. The maximum atomic E-state index is 12.6. The summed E-state index contributed by atoms with van der Waals surface area (Å²) in [6, 6.07) is 12.5. The van der Waals surface area contributed by atoms with Crippen molar-refractivity contribution in [1.29, 1.82) is 0 Å². The molecule has 0 aromatic heterocycles. The number of carbonyl (C=O) groups is 3. The van der Waals surface area contributed by atoms with Crippen molar-refractivity contribution in [3.8, 4) is 11.5 Å². The topological polar surface area (TPSA) is 106 Å². The van der Waals surface area contributed by atoms with Crippen molar-refractivity contribution in [2.24, 2.45) is 5.92 Å². The third-order valence-corrected chi connectivity index (χ3v) is 4.36. The normalized spacial score (nSPS) is 11.6. The van der Waals surface area contributed by atoms with Gasteiger partial charge in [-0.25, -0.2) is 0 Å². The van der Waals surface area contributed by atoms with E-state index in [2.05, 4.69) is 16.2 Å². The van der Waals surface area contributed by atoms with E-state index in [9.17, 15) is 14.4 Å². The lowest BCUT2D eigenvalue weighted by Gasteiger charge is -2.22. The number of amides is 3. The zero-order chi connectivity index (χ0) is 23.0. The smallest absolute Gasteiger partial charge is 0.269 e. The Labute approximate surface area is 182 Å². The molecule has 0 aliphatic rings. The Hall–Kier alpha value is -3.55. The van der Waals surface area contributed by atoms with Crippen molar-refractivity contribution in [3.63, 3.8) is 0 Å². The lowest BCUT2D eigenvalue weighted by Crippen LogP contribution is -2.54. The molecule has 1 atom stereocenters. The fraction of sp³-hybridized carbons (Fsp3) is 0.348. The molecule has 0 aliphatic heterocycles. The fourth-order valence-electron chi connectivity index (χ4n) is 2.78. The molecule has 3 amide bonds. The van der Waals surface area contributed by atoms with E-state index < -0.39 is 17.9 Å². The fourth-order valence-corrected chi connectivity index (χ4v) is 2.78. The number of benzene rings is 2. The molecular weight excluding hydrogens is 398 g/mol. The Morgan fingerprint density at radius 3 is 2.06 bits per heavy atom. The van der Waals surface area contributed by atoms with Crippen LogP contribution in [0.2, 0.25) is 0 Å². The van der Waals surface area contributed by atoms with Gasteiger partial charge in [-0.15, -0.1) is 0 Å². The highest BCUT2D eigenvalue weighted by atomic mass is 16.5. The summed E-state index contributed by atoms with van der Waals surface area (Å²) in [5, 5.41) is 2.70. The number of carbonyl (C=O) groups excluding carboxylic acids is 3. The summed E-state index contributed by atoms with van der Waals surface area (Å²) in [6.07, 6.45) is -0.0491. The molecule has 2 aromatic carbocycles. The monoisotopic (exact) mass is 427 g/mol. The van der Waals surface area contributed by atoms with Gasteiger partial charge in [-0.3, -0.25) is 25.2 Å². The molecule has 0 saturated heterocycles. The maximum Gasteiger partial charge on any atom is 0.269 e.